The molecular weight excluding hydrogens is 244 g/mol. The van der Waals surface area contributed by atoms with Gasteiger partial charge in [0.15, 0.2) is 0 Å². The molecule has 0 atom stereocenters. The van der Waals surface area contributed by atoms with Crippen LogP contribution in [0.1, 0.15) is 10.4 Å². The van der Waals surface area contributed by atoms with Crippen LogP contribution in [0.15, 0.2) is 48.5 Å². The van der Waals surface area contributed by atoms with E-state index in [0.717, 1.165) is 0 Å². The minimum Gasteiger partial charge on any atom is -0.496 e. The number of methoxy groups -OCH3 is 2. The second-order valence-electron chi connectivity index (χ2n) is 3.80. The summed E-state index contributed by atoms with van der Waals surface area (Å²) in [6.45, 7) is 0. The molecule has 4 heteroatoms. The highest BCUT2D eigenvalue weighted by Gasteiger charge is 2.10. The van der Waals surface area contributed by atoms with Crippen LogP contribution in [-0.4, -0.2) is 20.2 Å². The van der Waals surface area contributed by atoms with Crippen molar-refractivity contribution in [3.05, 3.63) is 54.1 Å². The van der Waals surface area contributed by atoms with Gasteiger partial charge in [0.2, 0.25) is 0 Å². The smallest absolute Gasteiger partial charge is 0.343 e. The number of rotatable bonds is 4. The second-order valence-corrected chi connectivity index (χ2v) is 3.80. The highest BCUT2D eigenvalue weighted by molar-refractivity contribution is 5.91. The van der Waals surface area contributed by atoms with Gasteiger partial charge in [-0.15, -0.1) is 0 Å². The molecule has 0 aromatic heterocycles. The Balaban J connectivity index is 2.21. The van der Waals surface area contributed by atoms with E-state index >= 15 is 0 Å². The average Bonchev–Trinajstić information content (AvgIpc) is 2.47. The zero-order valence-electron chi connectivity index (χ0n) is 10.8. The number of carbonyl (C=O) groups is 1. The standard InChI is InChI=1S/C15H14O4/c1-17-12-8-13(18-2)10-14(9-12)19-15(16)11-6-4-3-5-7-11/h3-10H,1-2H3. The highest BCUT2D eigenvalue weighted by atomic mass is 16.5. The number of benzene rings is 2. The van der Waals surface area contributed by atoms with Crippen molar-refractivity contribution in [1.82, 2.24) is 0 Å². The SMILES string of the molecule is COc1cc(OC)cc(OC(=O)c2ccccc2)c1. The normalized spacial score (nSPS) is 9.79. The van der Waals surface area contributed by atoms with Crippen molar-refractivity contribution in [2.75, 3.05) is 14.2 Å². The van der Waals surface area contributed by atoms with E-state index in [1.165, 1.54) is 14.2 Å². The maximum Gasteiger partial charge on any atom is 0.343 e. The summed E-state index contributed by atoms with van der Waals surface area (Å²) in [7, 11) is 3.08. The Labute approximate surface area is 111 Å². The van der Waals surface area contributed by atoms with Crippen molar-refractivity contribution >= 4 is 5.97 Å². The first kappa shape index (κ1) is 13.0. The number of esters is 1. The van der Waals surface area contributed by atoms with Crippen LogP contribution in [0.3, 0.4) is 0 Å². The quantitative estimate of drug-likeness (QED) is 0.624. The largest absolute Gasteiger partial charge is 0.496 e. The van der Waals surface area contributed by atoms with Gasteiger partial charge in [-0.2, -0.15) is 0 Å². The van der Waals surface area contributed by atoms with Crippen LogP contribution in [0.4, 0.5) is 0 Å². The summed E-state index contributed by atoms with van der Waals surface area (Å²) in [5, 5.41) is 0. The highest BCUT2D eigenvalue weighted by Crippen LogP contribution is 2.27. The fraction of sp³-hybridized carbons (Fsp3) is 0.133. The van der Waals surface area contributed by atoms with Gasteiger partial charge in [0.05, 0.1) is 19.8 Å². The molecule has 98 valence electrons. The minimum absolute atomic E-state index is 0.380. The molecule has 0 amide bonds. The Morgan fingerprint density at radius 3 is 1.89 bits per heavy atom. The summed E-state index contributed by atoms with van der Waals surface area (Å²) >= 11 is 0. The van der Waals surface area contributed by atoms with E-state index in [1.54, 1.807) is 42.5 Å². The lowest BCUT2D eigenvalue weighted by Gasteiger charge is -2.09. The van der Waals surface area contributed by atoms with Crippen molar-refractivity contribution in [2.45, 2.75) is 0 Å². The Morgan fingerprint density at radius 2 is 1.37 bits per heavy atom. The molecule has 0 bridgehead atoms. The lowest BCUT2D eigenvalue weighted by molar-refractivity contribution is 0.0734. The lowest BCUT2D eigenvalue weighted by Crippen LogP contribution is -2.08. The molecule has 0 aliphatic heterocycles. The van der Waals surface area contributed by atoms with Gasteiger partial charge in [-0.3, -0.25) is 0 Å². The Bertz CT molecular complexity index is 541. The van der Waals surface area contributed by atoms with Gasteiger partial charge < -0.3 is 14.2 Å². The van der Waals surface area contributed by atoms with E-state index in [2.05, 4.69) is 0 Å². The fourth-order valence-corrected chi connectivity index (χ4v) is 1.58. The molecule has 2 aromatic rings. The molecule has 0 heterocycles. The van der Waals surface area contributed by atoms with E-state index in [4.69, 9.17) is 14.2 Å². The maximum absolute atomic E-state index is 11.9. The topological polar surface area (TPSA) is 44.8 Å². The fourth-order valence-electron chi connectivity index (χ4n) is 1.58. The van der Waals surface area contributed by atoms with Crippen LogP contribution in [0, 0.1) is 0 Å². The Kier molecular flexibility index (Phi) is 4.03. The molecule has 0 N–H and O–H groups in total. The molecule has 0 spiro atoms. The van der Waals surface area contributed by atoms with Crippen LogP contribution in [-0.2, 0) is 0 Å². The summed E-state index contributed by atoms with van der Waals surface area (Å²) in [6.07, 6.45) is 0. The third kappa shape index (κ3) is 3.25. The molecular formula is C15H14O4. The first-order valence-electron chi connectivity index (χ1n) is 5.73. The summed E-state index contributed by atoms with van der Waals surface area (Å²) in [5.41, 5.74) is 0.490. The average molecular weight is 258 g/mol. The van der Waals surface area contributed by atoms with Gasteiger partial charge in [0.1, 0.15) is 17.2 Å². The van der Waals surface area contributed by atoms with E-state index in [-0.39, 0.29) is 0 Å². The number of hydrogen-bond acceptors (Lipinski definition) is 4. The molecule has 19 heavy (non-hydrogen) atoms. The molecule has 0 saturated carbocycles. The van der Waals surface area contributed by atoms with E-state index < -0.39 is 5.97 Å². The molecule has 0 aliphatic rings. The van der Waals surface area contributed by atoms with Crippen LogP contribution in [0.5, 0.6) is 17.2 Å². The zero-order chi connectivity index (χ0) is 13.7. The summed E-state index contributed by atoms with van der Waals surface area (Å²) in [6, 6.07) is 13.8. The first-order valence-corrected chi connectivity index (χ1v) is 5.73. The second kappa shape index (κ2) is 5.91. The Hall–Kier alpha value is -2.49. The van der Waals surface area contributed by atoms with Crippen molar-refractivity contribution in [3.63, 3.8) is 0 Å². The van der Waals surface area contributed by atoms with Gasteiger partial charge in [0, 0.05) is 18.2 Å². The molecule has 0 aliphatic carbocycles. The summed E-state index contributed by atoms with van der Waals surface area (Å²) < 4.78 is 15.5. The summed E-state index contributed by atoms with van der Waals surface area (Å²) in [5.74, 6) is 1.09. The van der Waals surface area contributed by atoms with E-state index in [9.17, 15) is 4.79 Å². The monoisotopic (exact) mass is 258 g/mol. The molecule has 0 unspecified atom stereocenters. The first-order chi connectivity index (χ1) is 9.22. The van der Waals surface area contributed by atoms with E-state index in [1.807, 2.05) is 6.07 Å². The number of ether oxygens (including phenoxy) is 3. The van der Waals surface area contributed by atoms with Crippen LogP contribution in [0.2, 0.25) is 0 Å². The molecule has 2 aromatic carbocycles. The minimum atomic E-state index is -0.420. The predicted octanol–water partition coefficient (Wildman–Crippen LogP) is 2.92. The number of carbonyl (C=O) groups excluding carboxylic acids is 1. The molecule has 0 radical (unpaired) electrons. The third-order valence-electron chi connectivity index (χ3n) is 2.54. The van der Waals surface area contributed by atoms with Gasteiger partial charge in [0.25, 0.3) is 0 Å². The van der Waals surface area contributed by atoms with Gasteiger partial charge in [-0.05, 0) is 12.1 Å². The predicted molar refractivity (Wildman–Crippen MR) is 70.9 cm³/mol. The zero-order valence-corrected chi connectivity index (χ0v) is 10.8. The van der Waals surface area contributed by atoms with Gasteiger partial charge in [-0.1, -0.05) is 18.2 Å². The lowest BCUT2D eigenvalue weighted by atomic mass is 10.2. The van der Waals surface area contributed by atoms with Crippen LogP contribution >= 0.6 is 0 Å². The van der Waals surface area contributed by atoms with E-state index in [0.29, 0.717) is 22.8 Å². The van der Waals surface area contributed by atoms with Crippen molar-refractivity contribution in [3.8, 4) is 17.2 Å². The van der Waals surface area contributed by atoms with Gasteiger partial charge in [-0.25, -0.2) is 4.79 Å². The van der Waals surface area contributed by atoms with Crippen LogP contribution in [0.25, 0.3) is 0 Å². The molecule has 0 fully saturated rings. The summed E-state index contributed by atoms with van der Waals surface area (Å²) in [4.78, 5) is 11.9. The number of hydrogen-bond donors (Lipinski definition) is 0. The van der Waals surface area contributed by atoms with Crippen molar-refractivity contribution < 1.29 is 19.0 Å². The molecule has 4 nitrogen and oxygen atoms in total. The Morgan fingerprint density at radius 1 is 0.842 bits per heavy atom. The molecule has 2 rings (SSSR count). The maximum atomic E-state index is 11.9. The van der Waals surface area contributed by atoms with Gasteiger partial charge >= 0.3 is 5.97 Å². The van der Waals surface area contributed by atoms with Crippen molar-refractivity contribution in [1.29, 1.82) is 0 Å². The third-order valence-corrected chi connectivity index (χ3v) is 2.54. The van der Waals surface area contributed by atoms with Crippen molar-refractivity contribution in [2.24, 2.45) is 0 Å². The van der Waals surface area contributed by atoms with Crippen LogP contribution < -0.4 is 14.2 Å². The molecule has 0 saturated heterocycles.